The Kier molecular flexibility index (Phi) is 8.30. The number of pyridine rings is 1. The van der Waals surface area contributed by atoms with Crippen LogP contribution in [0.4, 0.5) is 27.7 Å². The highest BCUT2D eigenvalue weighted by Crippen LogP contribution is 2.42. The van der Waals surface area contributed by atoms with E-state index in [2.05, 4.69) is 38.1 Å². The number of fused-ring (bicyclic) bond motifs is 1. The van der Waals surface area contributed by atoms with Crippen molar-refractivity contribution in [3.63, 3.8) is 0 Å². The number of halogens is 1. The Morgan fingerprint density at radius 2 is 1.91 bits per heavy atom. The molecule has 6 rings (SSSR count). The molecule has 3 aromatic rings. The second-order valence-corrected chi connectivity index (χ2v) is 13.9. The third-order valence-electron chi connectivity index (χ3n) is 8.59. The lowest BCUT2D eigenvalue weighted by molar-refractivity contribution is -0.132. The van der Waals surface area contributed by atoms with Crippen molar-refractivity contribution in [2.45, 2.75) is 38.1 Å². The maximum absolute atomic E-state index is 14.5. The van der Waals surface area contributed by atoms with E-state index in [9.17, 15) is 17.6 Å². The second kappa shape index (κ2) is 12.2. The number of piperidine rings is 1. The van der Waals surface area contributed by atoms with Gasteiger partial charge in [-0.1, -0.05) is 12.0 Å². The number of anilines is 4. The number of alkyl halides is 1. The van der Waals surface area contributed by atoms with Crippen LogP contribution in [0.3, 0.4) is 0 Å². The fourth-order valence-electron chi connectivity index (χ4n) is 6.35. The summed E-state index contributed by atoms with van der Waals surface area (Å²) in [5, 5.41) is 5.14. The maximum atomic E-state index is 14.5. The van der Waals surface area contributed by atoms with Gasteiger partial charge in [-0.2, -0.15) is 4.98 Å². The van der Waals surface area contributed by atoms with Gasteiger partial charge in [0, 0.05) is 68.9 Å². The van der Waals surface area contributed by atoms with Gasteiger partial charge >= 0.3 is 0 Å². The molecule has 2 aromatic heterocycles. The van der Waals surface area contributed by atoms with E-state index < -0.39 is 22.1 Å². The largest absolute Gasteiger partial charge is 0.378 e. The van der Waals surface area contributed by atoms with Crippen molar-refractivity contribution in [1.82, 2.24) is 19.9 Å². The highest BCUT2D eigenvalue weighted by atomic mass is 32.2. The molecule has 0 saturated carbocycles. The third-order valence-corrected chi connectivity index (χ3v) is 9.66. The summed E-state index contributed by atoms with van der Waals surface area (Å²) >= 11 is 0. The van der Waals surface area contributed by atoms with Crippen LogP contribution < -0.4 is 15.1 Å². The molecule has 0 unspecified atom stereocenters. The van der Waals surface area contributed by atoms with Crippen LogP contribution in [0.5, 0.6) is 0 Å². The molecule has 232 valence electrons. The van der Waals surface area contributed by atoms with Gasteiger partial charge < -0.3 is 24.8 Å². The number of nitrogens with zero attached hydrogens (tertiary/aromatic N) is 6. The summed E-state index contributed by atoms with van der Waals surface area (Å²) in [5.41, 5.74) is 1.97. The van der Waals surface area contributed by atoms with Crippen LogP contribution in [-0.2, 0) is 19.4 Å². The number of carbonyl (C=O) groups is 1. The molecule has 3 aliphatic rings. The van der Waals surface area contributed by atoms with E-state index in [0.29, 0.717) is 50.2 Å². The summed E-state index contributed by atoms with van der Waals surface area (Å²) in [4.78, 5) is 32.1. The van der Waals surface area contributed by atoms with Crippen LogP contribution in [-0.4, -0.2) is 98.3 Å². The zero-order chi connectivity index (χ0) is 31.0. The number of amides is 1. The number of benzene rings is 1. The standard InChI is InChI=1S/C31H36FN7O4S/c1-4-5-30(40)39-13-9-26(39)21-6-7-25(38-16-20(17-38)19-44(3,41)42)23-15-34-29(14-22(21)23)35-28-8-11-33-31(36-28)37-12-10-27(43-2)24(32)18-37/h6-8,11,14-15,20,24,26-27H,9-10,12-13,16-19H2,1-3H3,(H,33,34,35,36)/t24-,26-,27+/m0/s1. The number of sulfone groups is 1. The van der Waals surface area contributed by atoms with E-state index in [-0.39, 0.29) is 30.2 Å². The molecular formula is C31H36FN7O4S. The van der Waals surface area contributed by atoms with Crippen LogP contribution in [0.1, 0.15) is 31.4 Å². The molecule has 3 fully saturated rings. The van der Waals surface area contributed by atoms with Gasteiger partial charge in [-0.3, -0.25) is 4.79 Å². The number of likely N-dealkylation sites (tertiary alicyclic amines) is 1. The molecule has 1 aromatic carbocycles. The first-order valence-corrected chi connectivity index (χ1v) is 16.8. The van der Waals surface area contributed by atoms with Crippen molar-refractivity contribution >= 4 is 49.8 Å². The molecule has 44 heavy (non-hydrogen) atoms. The predicted octanol–water partition coefficient (Wildman–Crippen LogP) is 3.11. The first-order valence-electron chi connectivity index (χ1n) is 14.7. The highest BCUT2D eigenvalue weighted by Gasteiger charge is 2.36. The van der Waals surface area contributed by atoms with E-state index in [1.165, 1.54) is 13.4 Å². The van der Waals surface area contributed by atoms with Crippen molar-refractivity contribution in [2.24, 2.45) is 5.92 Å². The Balaban J connectivity index is 1.29. The van der Waals surface area contributed by atoms with Gasteiger partial charge in [-0.05, 0) is 54.8 Å². The molecule has 13 heteroatoms. The van der Waals surface area contributed by atoms with Crippen LogP contribution in [0, 0.1) is 17.8 Å². The molecule has 5 heterocycles. The van der Waals surface area contributed by atoms with Gasteiger partial charge in [0.25, 0.3) is 5.91 Å². The van der Waals surface area contributed by atoms with Crippen LogP contribution in [0.2, 0.25) is 0 Å². The second-order valence-electron chi connectivity index (χ2n) is 11.7. The summed E-state index contributed by atoms with van der Waals surface area (Å²) < 4.78 is 43.4. The smallest absolute Gasteiger partial charge is 0.298 e. The topological polar surface area (TPSA) is 121 Å². The summed E-state index contributed by atoms with van der Waals surface area (Å²) in [6.07, 6.45) is 4.53. The monoisotopic (exact) mass is 621 g/mol. The van der Waals surface area contributed by atoms with Crippen LogP contribution in [0.15, 0.2) is 36.7 Å². The third kappa shape index (κ3) is 6.14. The average Bonchev–Trinajstić information content (AvgIpc) is 2.94. The Hall–Kier alpha value is -4.02. The summed E-state index contributed by atoms with van der Waals surface area (Å²) in [6.45, 7) is 4.33. The van der Waals surface area contributed by atoms with Gasteiger partial charge in [0.1, 0.15) is 27.6 Å². The SMILES string of the molecule is CC#CC(=O)N1CC[C@H]1c1ccc(N2CC(CS(C)(=O)=O)C2)c2cnc(Nc3ccnc(N4CC[C@@H](OC)[C@@H](F)C4)n3)cc12. The number of methoxy groups -OCH3 is 1. The Labute approximate surface area is 256 Å². The van der Waals surface area contributed by atoms with Crippen molar-refractivity contribution in [3.8, 4) is 11.8 Å². The van der Waals surface area contributed by atoms with E-state index in [1.807, 2.05) is 23.2 Å². The quantitative estimate of drug-likeness (QED) is 0.376. The van der Waals surface area contributed by atoms with E-state index in [0.717, 1.165) is 28.4 Å². The van der Waals surface area contributed by atoms with E-state index in [4.69, 9.17) is 9.72 Å². The lowest BCUT2D eigenvalue weighted by Crippen LogP contribution is -2.49. The zero-order valence-corrected chi connectivity index (χ0v) is 25.8. The molecule has 3 saturated heterocycles. The number of aromatic nitrogens is 3. The van der Waals surface area contributed by atoms with Gasteiger partial charge in [0.05, 0.1) is 24.4 Å². The molecule has 1 N–H and O–H groups in total. The lowest BCUT2D eigenvalue weighted by Gasteiger charge is -2.43. The fraction of sp³-hybridized carbons (Fsp3) is 0.484. The minimum absolute atomic E-state index is 0.0842. The Bertz CT molecular complexity index is 1740. The predicted molar refractivity (Wildman–Crippen MR) is 168 cm³/mol. The number of nitrogens with one attached hydrogen (secondary N) is 1. The highest BCUT2D eigenvalue weighted by molar-refractivity contribution is 7.90. The summed E-state index contributed by atoms with van der Waals surface area (Å²) in [7, 11) is -1.53. The summed E-state index contributed by atoms with van der Waals surface area (Å²) in [5.74, 6) is 6.93. The van der Waals surface area contributed by atoms with E-state index in [1.54, 1.807) is 24.1 Å². The van der Waals surface area contributed by atoms with Crippen LogP contribution in [0.25, 0.3) is 10.8 Å². The molecule has 3 aliphatic heterocycles. The minimum atomic E-state index is -3.05. The van der Waals surface area contributed by atoms with Gasteiger partial charge in [-0.25, -0.2) is 22.8 Å². The first kappa shape index (κ1) is 30.0. The molecule has 11 nitrogen and oxygen atoms in total. The van der Waals surface area contributed by atoms with Crippen molar-refractivity contribution in [3.05, 3.63) is 42.2 Å². The van der Waals surface area contributed by atoms with Crippen molar-refractivity contribution < 1.29 is 22.3 Å². The first-order chi connectivity index (χ1) is 21.1. The van der Waals surface area contributed by atoms with E-state index >= 15 is 0 Å². The summed E-state index contributed by atoms with van der Waals surface area (Å²) in [6, 6.07) is 7.67. The number of hydrogen-bond donors (Lipinski definition) is 1. The maximum Gasteiger partial charge on any atom is 0.298 e. The molecule has 0 radical (unpaired) electrons. The van der Waals surface area contributed by atoms with Gasteiger partial charge in [-0.15, -0.1) is 0 Å². The number of rotatable bonds is 8. The van der Waals surface area contributed by atoms with Crippen molar-refractivity contribution in [2.75, 3.05) is 67.0 Å². The number of hydrogen-bond acceptors (Lipinski definition) is 10. The molecule has 0 aliphatic carbocycles. The minimum Gasteiger partial charge on any atom is -0.378 e. The van der Waals surface area contributed by atoms with Gasteiger partial charge in [0.15, 0.2) is 0 Å². The molecule has 0 bridgehead atoms. The fourth-order valence-corrected chi connectivity index (χ4v) is 7.41. The molecular weight excluding hydrogens is 585 g/mol. The lowest BCUT2D eigenvalue weighted by atomic mass is 9.89. The molecule has 3 atom stereocenters. The zero-order valence-electron chi connectivity index (χ0n) is 25.0. The molecule has 1 amide bonds. The van der Waals surface area contributed by atoms with Crippen molar-refractivity contribution in [1.29, 1.82) is 0 Å². The number of ether oxygens (including phenoxy) is 1. The average molecular weight is 622 g/mol. The normalized spacial score (nSPS) is 22.2. The molecule has 0 spiro atoms. The Morgan fingerprint density at radius 1 is 1.09 bits per heavy atom. The Morgan fingerprint density at radius 3 is 2.59 bits per heavy atom. The van der Waals surface area contributed by atoms with Gasteiger partial charge in [0.2, 0.25) is 5.95 Å². The number of carbonyl (C=O) groups excluding carboxylic acids is 1. The van der Waals surface area contributed by atoms with Crippen LogP contribution >= 0.6 is 0 Å².